The Labute approximate surface area is 133 Å². The molecule has 3 rings (SSSR count). The highest BCUT2D eigenvalue weighted by Gasteiger charge is 2.25. The second-order valence-electron chi connectivity index (χ2n) is 4.93. The lowest BCUT2D eigenvalue weighted by molar-refractivity contribution is 0.392. The van der Waals surface area contributed by atoms with Crippen molar-refractivity contribution >= 4 is 12.4 Å². The lowest BCUT2D eigenvalue weighted by atomic mass is 9.85. The third-order valence-electron chi connectivity index (χ3n) is 3.73. The van der Waals surface area contributed by atoms with Crippen LogP contribution >= 0.6 is 12.4 Å². The maximum absolute atomic E-state index is 9.93. The fourth-order valence-electron chi connectivity index (χ4n) is 2.66. The molecule has 6 nitrogen and oxygen atoms in total. The van der Waals surface area contributed by atoms with Crippen LogP contribution in [-0.4, -0.2) is 32.4 Å². The van der Waals surface area contributed by atoms with Crippen molar-refractivity contribution in [2.24, 2.45) is 0 Å². The number of benzene rings is 2. The van der Waals surface area contributed by atoms with E-state index in [0.717, 1.165) is 11.1 Å². The van der Waals surface area contributed by atoms with Gasteiger partial charge >= 0.3 is 0 Å². The number of halogens is 1. The topological polar surface area (TPSA) is 124 Å². The van der Waals surface area contributed by atoms with E-state index in [9.17, 15) is 20.4 Å². The lowest BCUT2D eigenvalue weighted by Gasteiger charge is -2.27. The number of rotatable bonds is 1. The number of phenols is 4. The molecule has 7 heteroatoms. The van der Waals surface area contributed by atoms with Crippen molar-refractivity contribution in [2.45, 2.75) is 12.5 Å². The number of phenolic OH excluding ortho intramolecular Hbond substituents is 4. The molecule has 0 aromatic heterocycles. The highest BCUT2D eigenvalue weighted by molar-refractivity contribution is 5.85. The number of nitrogens with one attached hydrogen (secondary N) is 1. The zero-order chi connectivity index (χ0) is 14.3. The van der Waals surface area contributed by atoms with Gasteiger partial charge in [0.1, 0.15) is 0 Å². The van der Waals surface area contributed by atoms with Crippen molar-refractivity contribution in [1.82, 2.24) is 5.32 Å². The highest BCUT2D eigenvalue weighted by Crippen LogP contribution is 2.40. The van der Waals surface area contributed by atoms with Crippen LogP contribution in [0.3, 0.4) is 0 Å². The predicted octanol–water partition coefficient (Wildman–Crippen LogP) is 1.34. The summed E-state index contributed by atoms with van der Waals surface area (Å²) in [4.78, 5) is 0. The summed E-state index contributed by atoms with van der Waals surface area (Å²) in [7, 11) is 0. The SMILES string of the molecule is Cl.O.Oc1ccc(C2CNCc3c2ccc(O)c3O)cc1O. The lowest BCUT2D eigenvalue weighted by Crippen LogP contribution is -2.28. The van der Waals surface area contributed by atoms with E-state index in [1.807, 2.05) is 0 Å². The Morgan fingerprint density at radius 3 is 2.27 bits per heavy atom. The van der Waals surface area contributed by atoms with Crippen molar-refractivity contribution < 1.29 is 25.9 Å². The predicted molar refractivity (Wildman–Crippen MR) is 84.0 cm³/mol. The van der Waals surface area contributed by atoms with Crippen LogP contribution in [-0.2, 0) is 6.54 Å². The molecular formula is C15H18ClNO5. The largest absolute Gasteiger partial charge is 0.504 e. The minimum Gasteiger partial charge on any atom is -0.504 e. The molecule has 0 bridgehead atoms. The van der Waals surface area contributed by atoms with Gasteiger partial charge in [-0.1, -0.05) is 12.1 Å². The maximum atomic E-state index is 9.93. The molecule has 1 aliphatic heterocycles. The van der Waals surface area contributed by atoms with Crippen LogP contribution in [0, 0.1) is 0 Å². The summed E-state index contributed by atoms with van der Waals surface area (Å²) in [6.45, 7) is 1.14. The second-order valence-corrected chi connectivity index (χ2v) is 4.93. The van der Waals surface area contributed by atoms with E-state index in [2.05, 4.69) is 5.32 Å². The van der Waals surface area contributed by atoms with Crippen LogP contribution in [0.25, 0.3) is 0 Å². The number of hydrogen-bond donors (Lipinski definition) is 5. The minimum absolute atomic E-state index is 0. The molecule has 1 atom stereocenters. The molecule has 22 heavy (non-hydrogen) atoms. The van der Waals surface area contributed by atoms with Gasteiger partial charge < -0.3 is 31.2 Å². The third-order valence-corrected chi connectivity index (χ3v) is 3.73. The zero-order valence-electron chi connectivity index (χ0n) is 11.6. The Balaban J connectivity index is 0.00000121. The Morgan fingerprint density at radius 1 is 0.909 bits per heavy atom. The quantitative estimate of drug-likeness (QED) is 0.505. The van der Waals surface area contributed by atoms with Crippen molar-refractivity contribution in [1.29, 1.82) is 0 Å². The standard InChI is InChI=1S/C15H15NO4.ClH.H2O/c17-12-3-1-8(5-14(12)19)10-6-16-7-11-9(10)2-4-13(18)15(11)20;;/h1-5,10,16-20H,6-7H2;1H;1H2. The van der Waals surface area contributed by atoms with E-state index in [1.54, 1.807) is 12.1 Å². The highest BCUT2D eigenvalue weighted by atomic mass is 35.5. The second kappa shape index (κ2) is 6.74. The Kier molecular flexibility index (Phi) is 5.48. The van der Waals surface area contributed by atoms with Gasteiger partial charge in [-0.2, -0.15) is 0 Å². The van der Waals surface area contributed by atoms with Gasteiger partial charge in [0, 0.05) is 24.6 Å². The molecule has 1 heterocycles. The van der Waals surface area contributed by atoms with Crippen molar-refractivity contribution in [3.8, 4) is 23.0 Å². The molecule has 0 saturated heterocycles. The molecule has 0 fully saturated rings. The van der Waals surface area contributed by atoms with Gasteiger partial charge in [0.05, 0.1) is 0 Å². The van der Waals surface area contributed by atoms with E-state index in [1.165, 1.54) is 18.2 Å². The first-order valence-corrected chi connectivity index (χ1v) is 6.34. The summed E-state index contributed by atoms with van der Waals surface area (Å²) in [6.07, 6.45) is 0. The third kappa shape index (κ3) is 2.89. The molecule has 0 aliphatic carbocycles. The molecule has 0 spiro atoms. The van der Waals surface area contributed by atoms with Gasteiger partial charge in [0.15, 0.2) is 23.0 Å². The Hall–Kier alpha value is -2.15. The summed E-state index contributed by atoms with van der Waals surface area (Å²) in [5.74, 6) is -0.636. The molecule has 0 radical (unpaired) electrons. The van der Waals surface area contributed by atoms with Crippen LogP contribution in [0.4, 0.5) is 0 Å². The molecule has 1 unspecified atom stereocenters. The molecule has 0 saturated carbocycles. The summed E-state index contributed by atoms with van der Waals surface area (Å²) in [5.41, 5.74) is 2.40. The van der Waals surface area contributed by atoms with E-state index >= 15 is 0 Å². The fraction of sp³-hybridized carbons (Fsp3) is 0.200. The minimum atomic E-state index is -0.169. The first-order valence-electron chi connectivity index (χ1n) is 6.34. The van der Waals surface area contributed by atoms with Crippen molar-refractivity contribution in [2.75, 3.05) is 6.54 Å². The van der Waals surface area contributed by atoms with Gasteiger partial charge in [-0.15, -0.1) is 12.4 Å². The van der Waals surface area contributed by atoms with Crippen LogP contribution in [0.2, 0.25) is 0 Å². The first kappa shape index (κ1) is 17.9. The van der Waals surface area contributed by atoms with Crippen LogP contribution in [0.5, 0.6) is 23.0 Å². The van der Waals surface area contributed by atoms with E-state index in [-0.39, 0.29) is 46.8 Å². The number of fused-ring (bicyclic) bond motifs is 1. The monoisotopic (exact) mass is 327 g/mol. The fourth-order valence-corrected chi connectivity index (χ4v) is 2.66. The molecule has 1 aliphatic rings. The molecule has 7 N–H and O–H groups in total. The molecule has 2 aromatic rings. The zero-order valence-corrected chi connectivity index (χ0v) is 12.4. The summed E-state index contributed by atoms with van der Waals surface area (Å²) in [5, 5.41) is 41.7. The summed E-state index contributed by atoms with van der Waals surface area (Å²) in [6, 6.07) is 7.94. The van der Waals surface area contributed by atoms with Gasteiger partial charge in [0.25, 0.3) is 0 Å². The van der Waals surface area contributed by atoms with Crippen molar-refractivity contribution in [3.05, 3.63) is 47.0 Å². The number of hydrogen-bond acceptors (Lipinski definition) is 5. The molecule has 0 amide bonds. The molecule has 2 aromatic carbocycles. The average molecular weight is 328 g/mol. The number of aromatic hydroxyl groups is 4. The van der Waals surface area contributed by atoms with E-state index in [4.69, 9.17) is 0 Å². The Morgan fingerprint density at radius 2 is 1.59 bits per heavy atom. The average Bonchev–Trinajstić information content (AvgIpc) is 2.45. The molecule has 120 valence electrons. The molecular weight excluding hydrogens is 310 g/mol. The van der Waals surface area contributed by atoms with Crippen molar-refractivity contribution in [3.63, 3.8) is 0 Å². The van der Waals surface area contributed by atoms with Crippen LogP contribution in [0.1, 0.15) is 22.6 Å². The summed E-state index contributed by atoms with van der Waals surface area (Å²) < 4.78 is 0. The van der Waals surface area contributed by atoms with E-state index < -0.39 is 0 Å². The van der Waals surface area contributed by atoms with Gasteiger partial charge in [-0.3, -0.25) is 0 Å². The first-order chi connectivity index (χ1) is 9.58. The summed E-state index contributed by atoms with van der Waals surface area (Å²) >= 11 is 0. The van der Waals surface area contributed by atoms with E-state index in [0.29, 0.717) is 18.7 Å². The van der Waals surface area contributed by atoms with Crippen LogP contribution in [0.15, 0.2) is 30.3 Å². The van der Waals surface area contributed by atoms with Gasteiger partial charge in [-0.25, -0.2) is 0 Å². The Bertz CT molecular complexity index is 677. The smallest absolute Gasteiger partial charge is 0.162 e. The van der Waals surface area contributed by atoms with Crippen LogP contribution < -0.4 is 5.32 Å². The maximum Gasteiger partial charge on any atom is 0.162 e. The normalized spacial score (nSPS) is 16.1. The van der Waals surface area contributed by atoms with Gasteiger partial charge in [0.2, 0.25) is 0 Å². The van der Waals surface area contributed by atoms with Gasteiger partial charge in [-0.05, 0) is 29.3 Å².